The minimum atomic E-state index is -0.445. The number of anilines is 2. The molecule has 0 aromatic carbocycles. The van der Waals surface area contributed by atoms with Crippen LogP contribution in [0.5, 0.6) is 0 Å². The highest BCUT2D eigenvalue weighted by Gasteiger charge is 2.29. The van der Waals surface area contributed by atoms with E-state index in [9.17, 15) is 10.1 Å². The van der Waals surface area contributed by atoms with E-state index in [2.05, 4.69) is 15.4 Å². The predicted octanol–water partition coefficient (Wildman–Crippen LogP) is 0.984. The van der Waals surface area contributed by atoms with Gasteiger partial charge in [-0.1, -0.05) is 0 Å². The van der Waals surface area contributed by atoms with Gasteiger partial charge in [-0.25, -0.2) is 10.8 Å². The van der Waals surface area contributed by atoms with Crippen LogP contribution in [0.4, 0.5) is 17.5 Å². The molecule has 0 unspecified atom stereocenters. The van der Waals surface area contributed by atoms with Gasteiger partial charge in [0.25, 0.3) is 0 Å². The molecule has 0 amide bonds. The number of hydrogen-bond acceptors (Lipinski definition) is 8. The Hall–Kier alpha value is -2.00. The Labute approximate surface area is 122 Å². The van der Waals surface area contributed by atoms with E-state index in [1.54, 1.807) is 6.92 Å². The van der Waals surface area contributed by atoms with Gasteiger partial charge in [0.2, 0.25) is 11.8 Å². The van der Waals surface area contributed by atoms with Crippen molar-refractivity contribution in [2.24, 2.45) is 5.84 Å². The number of rotatable bonds is 5. The van der Waals surface area contributed by atoms with Crippen LogP contribution in [0.2, 0.25) is 0 Å². The second-order valence-corrected chi connectivity index (χ2v) is 4.85. The summed E-state index contributed by atoms with van der Waals surface area (Å²) in [6.45, 7) is 5.54. The van der Waals surface area contributed by atoms with Crippen molar-refractivity contribution in [2.75, 3.05) is 30.0 Å². The lowest BCUT2D eigenvalue weighted by molar-refractivity contribution is -0.385. The van der Waals surface area contributed by atoms with Crippen LogP contribution in [0.15, 0.2) is 0 Å². The largest absolute Gasteiger partial charge is 0.378 e. The van der Waals surface area contributed by atoms with E-state index in [1.807, 2.05) is 11.8 Å². The summed E-state index contributed by atoms with van der Waals surface area (Å²) in [6, 6.07) is 0. The van der Waals surface area contributed by atoms with Crippen LogP contribution in [0.1, 0.15) is 25.5 Å². The van der Waals surface area contributed by atoms with Crippen LogP contribution < -0.4 is 16.2 Å². The number of hydrogen-bond donors (Lipinski definition) is 2. The van der Waals surface area contributed by atoms with E-state index in [-0.39, 0.29) is 17.7 Å². The second-order valence-electron chi connectivity index (χ2n) is 4.85. The molecule has 9 heteroatoms. The summed E-state index contributed by atoms with van der Waals surface area (Å²) in [6.07, 6.45) is 1.85. The lowest BCUT2D eigenvalue weighted by Gasteiger charge is -2.32. The Morgan fingerprint density at radius 1 is 1.48 bits per heavy atom. The molecule has 0 radical (unpaired) electrons. The fourth-order valence-electron chi connectivity index (χ4n) is 2.52. The highest BCUT2D eigenvalue weighted by Crippen LogP contribution is 2.31. The standard InChI is InChI=1S/C12H20N6O3/c1-3-21-9-4-6-17(7-5-9)11-10(18(19)20)8(2)14-12(15-11)16-13/h9H,3-7,13H2,1-2H3,(H,14,15,16). The number of nitro groups is 1. The Bertz CT molecular complexity index is 516. The maximum Gasteiger partial charge on any atom is 0.332 e. The first-order valence-electron chi connectivity index (χ1n) is 6.93. The summed E-state index contributed by atoms with van der Waals surface area (Å²) in [5, 5.41) is 11.3. The number of nitrogens with one attached hydrogen (secondary N) is 1. The first-order valence-corrected chi connectivity index (χ1v) is 6.93. The van der Waals surface area contributed by atoms with Crippen molar-refractivity contribution in [3.05, 3.63) is 15.8 Å². The van der Waals surface area contributed by atoms with Gasteiger partial charge in [-0.15, -0.1) is 0 Å². The monoisotopic (exact) mass is 296 g/mol. The van der Waals surface area contributed by atoms with Gasteiger partial charge in [-0.3, -0.25) is 15.5 Å². The second kappa shape index (κ2) is 6.64. The predicted molar refractivity (Wildman–Crippen MR) is 78.1 cm³/mol. The van der Waals surface area contributed by atoms with Crippen molar-refractivity contribution in [2.45, 2.75) is 32.8 Å². The summed E-state index contributed by atoms with van der Waals surface area (Å²) in [5.41, 5.74) is 2.58. The highest BCUT2D eigenvalue weighted by molar-refractivity contribution is 5.62. The van der Waals surface area contributed by atoms with Gasteiger partial charge in [-0.05, 0) is 26.7 Å². The van der Waals surface area contributed by atoms with Crippen molar-refractivity contribution < 1.29 is 9.66 Å². The van der Waals surface area contributed by atoms with Crippen LogP contribution in [-0.4, -0.2) is 40.7 Å². The molecule has 2 heterocycles. The minimum absolute atomic E-state index is 0.0659. The number of aryl methyl sites for hydroxylation is 1. The molecule has 116 valence electrons. The van der Waals surface area contributed by atoms with Crippen LogP contribution >= 0.6 is 0 Å². The summed E-state index contributed by atoms with van der Waals surface area (Å²) in [5.74, 6) is 5.82. The number of hydrazine groups is 1. The zero-order chi connectivity index (χ0) is 15.4. The lowest BCUT2D eigenvalue weighted by atomic mass is 10.1. The molecular weight excluding hydrogens is 276 g/mol. The SMILES string of the molecule is CCOC1CCN(c2nc(NN)nc(C)c2[N+](=O)[O-])CC1. The normalized spacial score (nSPS) is 16.0. The van der Waals surface area contributed by atoms with Crippen molar-refractivity contribution in [3.8, 4) is 0 Å². The van der Waals surface area contributed by atoms with E-state index in [4.69, 9.17) is 10.6 Å². The van der Waals surface area contributed by atoms with Crippen molar-refractivity contribution in [1.82, 2.24) is 9.97 Å². The molecule has 1 saturated heterocycles. The van der Waals surface area contributed by atoms with Crippen molar-refractivity contribution >= 4 is 17.5 Å². The third-order valence-electron chi connectivity index (χ3n) is 3.50. The molecule has 1 fully saturated rings. The van der Waals surface area contributed by atoms with Crippen LogP contribution in [-0.2, 0) is 4.74 Å². The third kappa shape index (κ3) is 3.37. The molecule has 0 saturated carbocycles. The number of nitrogens with two attached hydrogens (primary N) is 1. The van der Waals surface area contributed by atoms with E-state index < -0.39 is 4.92 Å². The van der Waals surface area contributed by atoms with Gasteiger partial charge in [0.15, 0.2) is 0 Å². The van der Waals surface area contributed by atoms with Gasteiger partial charge in [-0.2, -0.15) is 4.98 Å². The Kier molecular flexibility index (Phi) is 4.86. The molecule has 0 bridgehead atoms. The molecule has 21 heavy (non-hydrogen) atoms. The van der Waals surface area contributed by atoms with Gasteiger partial charge < -0.3 is 9.64 Å². The molecule has 1 aliphatic heterocycles. The molecule has 1 aromatic heterocycles. The molecular formula is C12H20N6O3. The first kappa shape index (κ1) is 15.4. The fourth-order valence-corrected chi connectivity index (χ4v) is 2.52. The van der Waals surface area contributed by atoms with E-state index in [0.717, 1.165) is 12.8 Å². The maximum absolute atomic E-state index is 11.3. The molecule has 0 atom stereocenters. The maximum atomic E-state index is 11.3. The molecule has 0 aliphatic carbocycles. The number of piperidine rings is 1. The van der Waals surface area contributed by atoms with Crippen LogP contribution in [0, 0.1) is 17.0 Å². The highest BCUT2D eigenvalue weighted by atomic mass is 16.6. The zero-order valence-corrected chi connectivity index (χ0v) is 12.2. The average molecular weight is 296 g/mol. The average Bonchev–Trinajstić information content (AvgIpc) is 2.47. The smallest absolute Gasteiger partial charge is 0.332 e. The van der Waals surface area contributed by atoms with Gasteiger partial charge in [0.05, 0.1) is 11.0 Å². The van der Waals surface area contributed by atoms with E-state index in [1.165, 1.54) is 0 Å². The summed E-state index contributed by atoms with van der Waals surface area (Å²) < 4.78 is 5.59. The molecule has 2 rings (SSSR count). The summed E-state index contributed by atoms with van der Waals surface area (Å²) in [4.78, 5) is 20.9. The zero-order valence-electron chi connectivity index (χ0n) is 12.2. The third-order valence-corrected chi connectivity index (χ3v) is 3.50. The molecule has 3 N–H and O–H groups in total. The Balaban J connectivity index is 2.26. The molecule has 1 aromatic rings. The molecule has 0 spiro atoms. The van der Waals surface area contributed by atoms with Crippen molar-refractivity contribution in [1.29, 1.82) is 0 Å². The summed E-state index contributed by atoms with van der Waals surface area (Å²) in [7, 11) is 0. The number of aromatic nitrogens is 2. The van der Waals surface area contributed by atoms with E-state index >= 15 is 0 Å². The Morgan fingerprint density at radius 3 is 2.67 bits per heavy atom. The fraction of sp³-hybridized carbons (Fsp3) is 0.667. The first-order chi connectivity index (χ1) is 10.1. The number of nitrogens with zero attached hydrogens (tertiary/aromatic N) is 4. The van der Waals surface area contributed by atoms with Gasteiger partial charge in [0, 0.05) is 19.7 Å². The van der Waals surface area contributed by atoms with Crippen LogP contribution in [0.3, 0.4) is 0 Å². The minimum Gasteiger partial charge on any atom is -0.378 e. The molecule has 1 aliphatic rings. The lowest BCUT2D eigenvalue weighted by Crippen LogP contribution is -2.38. The Morgan fingerprint density at radius 2 is 2.14 bits per heavy atom. The van der Waals surface area contributed by atoms with Gasteiger partial charge in [0.1, 0.15) is 5.69 Å². The van der Waals surface area contributed by atoms with Gasteiger partial charge >= 0.3 is 5.69 Å². The van der Waals surface area contributed by atoms with Crippen molar-refractivity contribution in [3.63, 3.8) is 0 Å². The number of nitrogen functional groups attached to an aromatic ring is 1. The van der Waals surface area contributed by atoms with Crippen LogP contribution in [0.25, 0.3) is 0 Å². The number of ether oxygens (including phenoxy) is 1. The topological polar surface area (TPSA) is 119 Å². The summed E-state index contributed by atoms with van der Waals surface area (Å²) >= 11 is 0. The quantitative estimate of drug-likeness (QED) is 0.469. The van der Waals surface area contributed by atoms with E-state index in [0.29, 0.717) is 31.2 Å². The molecule has 9 nitrogen and oxygen atoms in total.